The van der Waals surface area contributed by atoms with Crippen LogP contribution in [0, 0.1) is 0 Å². The predicted molar refractivity (Wildman–Crippen MR) is 63.9 cm³/mol. The fourth-order valence-electron chi connectivity index (χ4n) is 1.45. The Morgan fingerprint density at radius 1 is 1.40 bits per heavy atom. The molecule has 4 heteroatoms. The number of aromatic hydroxyl groups is 1. The topological polar surface area (TPSA) is 52.5 Å². The van der Waals surface area contributed by atoms with E-state index in [0.29, 0.717) is 0 Å². The number of rotatable bonds is 4. The normalized spacial score (nSPS) is 14.9. The highest BCUT2D eigenvalue weighted by Crippen LogP contribution is 2.27. The van der Waals surface area contributed by atoms with Gasteiger partial charge in [0.2, 0.25) is 0 Å². The molecule has 15 heavy (non-hydrogen) atoms. The number of phenolic OH excluding ortho intramolecular Hbond substituents is 1. The lowest BCUT2D eigenvalue weighted by molar-refractivity contribution is 0.242. The SMILES string of the molecule is CC(CO)NC(C)c1ccc(Br)cc1O. The number of nitrogens with one attached hydrogen (secondary N) is 1. The van der Waals surface area contributed by atoms with Gasteiger partial charge in [0.25, 0.3) is 0 Å². The molecule has 1 aromatic carbocycles. The van der Waals surface area contributed by atoms with Crippen LogP contribution in [0.5, 0.6) is 5.75 Å². The van der Waals surface area contributed by atoms with Crippen molar-refractivity contribution >= 4 is 15.9 Å². The molecule has 0 aromatic heterocycles. The zero-order chi connectivity index (χ0) is 11.4. The summed E-state index contributed by atoms with van der Waals surface area (Å²) in [5.41, 5.74) is 0.832. The molecule has 0 saturated heterocycles. The van der Waals surface area contributed by atoms with E-state index in [1.54, 1.807) is 6.07 Å². The minimum Gasteiger partial charge on any atom is -0.508 e. The van der Waals surface area contributed by atoms with Gasteiger partial charge in [-0.3, -0.25) is 0 Å². The predicted octanol–water partition coefficient (Wildman–Crippen LogP) is 2.19. The maximum atomic E-state index is 9.71. The minimum absolute atomic E-state index is 0.0141. The van der Waals surface area contributed by atoms with Crippen LogP contribution in [-0.2, 0) is 0 Å². The van der Waals surface area contributed by atoms with Crippen LogP contribution in [0.2, 0.25) is 0 Å². The highest BCUT2D eigenvalue weighted by Gasteiger charge is 2.12. The first-order valence-corrected chi connectivity index (χ1v) is 5.69. The van der Waals surface area contributed by atoms with Crippen LogP contribution in [0.1, 0.15) is 25.5 Å². The molecular weight excluding hydrogens is 258 g/mol. The largest absolute Gasteiger partial charge is 0.508 e. The molecule has 3 nitrogen and oxygen atoms in total. The van der Waals surface area contributed by atoms with Crippen LogP contribution >= 0.6 is 15.9 Å². The molecule has 0 aliphatic carbocycles. The van der Waals surface area contributed by atoms with Crippen molar-refractivity contribution < 1.29 is 10.2 Å². The van der Waals surface area contributed by atoms with Crippen molar-refractivity contribution in [1.29, 1.82) is 0 Å². The number of aliphatic hydroxyl groups excluding tert-OH is 1. The lowest BCUT2D eigenvalue weighted by atomic mass is 10.1. The molecule has 3 N–H and O–H groups in total. The molecule has 2 unspecified atom stereocenters. The third kappa shape index (κ3) is 3.48. The van der Waals surface area contributed by atoms with E-state index in [1.165, 1.54) is 0 Å². The molecule has 0 aliphatic heterocycles. The van der Waals surface area contributed by atoms with Crippen molar-refractivity contribution in [3.63, 3.8) is 0 Å². The molecule has 84 valence electrons. The summed E-state index contributed by atoms with van der Waals surface area (Å²) >= 11 is 3.29. The number of hydrogen-bond acceptors (Lipinski definition) is 3. The molecular formula is C11H16BrNO2. The molecule has 0 heterocycles. The Balaban J connectivity index is 2.77. The second-order valence-corrected chi connectivity index (χ2v) is 4.59. The van der Waals surface area contributed by atoms with Gasteiger partial charge in [0.1, 0.15) is 5.75 Å². The summed E-state index contributed by atoms with van der Waals surface area (Å²) in [6.07, 6.45) is 0. The number of hydrogen-bond donors (Lipinski definition) is 3. The maximum absolute atomic E-state index is 9.71. The third-order valence-corrected chi connectivity index (χ3v) is 2.76. The van der Waals surface area contributed by atoms with E-state index in [9.17, 15) is 5.11 Å². The Kier molecular flexibility index (Phi) is 4.57. The summed E-state index contributed by atoms with van der Waals surface area (Å²) in [4.78, 5) is 0. The van der Waals surface area contributed by atoms with Gasteiger partial charge in [-0.1, -0.05) is 22.0 Å². The summed E-state index contributed by atoms with van der Waals surface area (Å²) in [5, 5.41) is 21.8. The zero-order valence-corrected chi connectivity index (χ0v) is 10.5. The number of phenols is 1. The van der Waals surface area contributed by atoms with E-state index >= 15 is 0 Å². The molecule has 2 atom stereocenters. The first kappa shape index (κ1) is 12.5. The molecule has 0 bridgehead atoms. The smallest absolute Gasteiger partial charge is 0.121 e. The van der Waals surface area contributed by atoms with Gasteiger partial charge in [-0.15, -0.1) is 0 Å². The fraction of sp³-hybridized carbons (Fsp3) is 0.455. The number of aliphatic hydroxyl groups is 1. The van der Waals surface area contributed by atoms with Gasteiger partial charge in [-0.05, 0) is 26.0 Å². The molecule has 0 radical (unpaired) electrons. The van der Waals surface area contributed by atoms with E-state index in [4.69, 9.17) is 5.11 Å². The molecule has 0 fully saturated rings. The van der Waals surface area contributed by atoms with Gasteiger partial charge in [0, 0.05) is 22.1 Å². The summed E-state index contributed by atoms with van der Waals surface area (Å²) in [6, 6.07) is 5.44. The lowest BCUT2D eigenvalue weighted by Crippen LogP contribution is -2.31. The van der Waals surface area contributed by atoms with E-state index in [2.05, 4.69) is 21.2 Å². The summed E-state index contributed by atoms with van der Waals surface area (Å²) in [5.74, 6) is 0.259. The van der Waals surface area contributed by atoms with Crippen LogP contribution < -0.4 is 5.32 Å². The van der Waals surface area contributed by atoms with Crippen molar-refractivity contribution in [3.05, 3.63) is 28.2 Å². The van der Waals surface area contributed by atoms with Crippen LogP contribution in [0.25, 0.3) is 0 Å². The Labute approximate surface area is 98.3 Å². The van der Waals surface area contributed by atoms with E-state index < -0.39 is 0 Å². The quantitative estimate of drug-likeness (QED) is 0.788. The van der Waals surface area contributed by atoms with Gasteiger partial charge in [-0.2, -0.15) is 0 Å². The van der Waals surface area contributed by atoms with E-state index in [0.717, 1.165) is 10.0 Å². The average Bonchev–Trinajstić information content (AvgIpc) is 2.17. The highest BCUT2D eigenvalue weighted by atomic mass is 79.9. The van der Waals surface area contributed by atoms with Crippen molar-refractivity contribution in [2.24, 2.45) is 0 Å². The second kappa shape index (κ2) is 5.49. The number of halogens is 1. The van der Waals surface area contributed by atoms with Gasteiger partial charge in [-0.25, -0.2) is 0 Å². The van der Waals surface area contributed by atoms with Crippen molar-refractivity contribution in [1.82, 2.24) is 5.32 Å². The van der Waals surface area contributed by atoms with Crippen LogP contribution in [0.15, 0.2) is 22.7 Å². The molecule has 0 aliphatic rings. The Hall–Kier alpha value is -0.580. The average molecular weight is 274 g/mol. The fourth-order valence-corrected chi connectivity index (χ4v) is 1.80. The first-order valence-electron chi connectivity index (χ1n) is 4.90. The summed E-state index contributed by atoms with van der Waals surface area (Å²) in [6.45, 7) is 3.93. The summed E-state index contributed by atoms with van der Waals surface area (Å²) < 4.78 is 0.853. The van der Waals surface area contributed by atoms with Crippen LogP contribution in [0.3, 0.4) is 0 Å². The molecule has 1 rings (SSSR count). The molecule has 0 spiro atoms. The van der Waals surface area contributed by atoms with Gasteiger partial charge in [0.05, 0.1) is 6.61 Å². The van der Waals surface area contributed by atoms with Crippen molar-refractivity contribution in [2.45, 2.75) is 25.9 Å². The van der Waals surface area contributed by atoms with Crippen molar-refractivity contribution in [3.8, 4) is 5.75 Å². The Morgan fingerprint density at radius 2 is 2.07 bits per heavy atom. The summed E-state index contributed by atoms with van der Waals surface area (Å²) in [7, 11) is 0. The Morgan fingerprint density at radius 3 is 2.60 bits per heavy atom. The molecule has 1 aromatic rings. The van der Waals surface area contributed by atoms with Gasteiger partial charge in [0.15, 0.2) is 0 Å². The molecule has 0 amide bonds. The monoisotopic (exact) mass is 273 g/mol. The highest BCUT2D eigenvalue weighted by molar-refractivity contribution is 9.10. The number of benzene rings is 1. The Bertz CT molecular complexity index is 330. The third-order valence-electron chi connectivity index (χ3n) is 2.27. The first-order chi connectivity index (χ1) is 7.04. The van der Waals surface area contributed by atoms with E-state index in [1.807, 2.05) is 26.0 Å². The van der Waals surface area contributed by atoms with Gasteiger partial charge < -0.3 is 15.5 Å². The van der Waals surface area contributed by atoms with Crippen LogP contribution in [-0.4, -0.2) is 22.9 Å². The second-order valence-electron chi connectivity index (χ2n) is 3.68. The van der Waals surface area contributed by atoms with Crippen LogP contribution in [0.4, 0.5) is 0 Å². The lowest BCUT2D eigenvalue weighted by Gasteiger charge is -2.19. The zero-order valence-electron chi connectivity index (χ0n) is 8.87. The van der Waals surface area contributed by atoms with Crippen molar-refractivity contribution in [2.75, 3.05) is 6.61 Å². The standard InChI is InChI=1S/C11H16BrNO2/c1-7(6-14)13-8(2)10-4-3-9(12)5-11(10)15/h3-5,7-8,13-15H,6H2,1-2H3. The van der Waals surface area contributed by atoms with E-state index in [-0.39, 0.29) is 24.4 Å². The maximum Gasteiger partial charge on any atom is 0.121 e. The minimum atomic E-state index is 0.0141. The molecule has 0 saturated carbocycles. The van der Waals surface area contributed by atoms with Gasteiger partial charge >= 0.3 is 0 Å².